The molecule has 1 aliphatic heterocycles. The van der Waals surface area contributed by atoms with E-state index in [1.165, 1.54) is 5.56 Å². The van der Waals surface area contributed by atoms with E-state index >= 15 is 0 Å². The number of rotatable bonds is 5. The molecule has 25 heavy (non-hydrogen) atoms. The van der Waals surface area contributed by atoms with Gasteiger partial charge >= 0.3 is 0 Å². The van der Waals surface area contributed by atoms with Gasteiger partial charge in [-0.15, -0.1) is 0 Å². The fourth-order valence-corrected chi connectivity index (χ4v) is 3.30. The summed E-state index contributed by atoms with van der Waals surface area (Å²) in [5.41, 5.74) is 10.1. The molecular weight excluding hydrogens is 312 g/mol. The molecule has 0 aromatic heterocycles. The first kappa shape index (κ1) is 17.5. The van der Waals surface area contributed by atoms with Gasteiger partial charge in [0, 0.05) is 18.7 Å². The van der Waals surface area contributed by atoms with Crippen LogP contribution in [0.3, 0.4) is 0 Å². The Morgan fingerprint density at radius 3 is 2.72 bits per heavy atom. The van der Waals surface area contributed by atoms with Crippen LogP contribution in [0.1, 0.15) is 42.1 Å². The van der Waals surface area contributed by atoms with E-state index in [1.807, 2.05) is 24.3 Å². The lowest BCUT2D eigenvalue weighted by atomic mass is 9.95. The van der Waals surface area contributed by atoms with E-state index in [9.17, 15) is 4.79 Å². The quantitative estimate of drug-likeness (QED) is 0.820. The molecule has 1 heterocycles. The van der Waals surface area contributed by atoms with Gasteiger partial charge in [0.15, 0.2) is 0 Å². The number of para-hydroxylation sites is 1. The number of nitrogen functional groups attached to an aromatic ring is 1. The highest BCUT2D eigenvalue weighted by atomic mass is 16.5. The van der Waals surface area contributed by atoms with Gasteiger partial charge in [0.2, 0.25) is 5.91 Å². The van der Waals surface area contributed by atoms with Gasteiger partial charge in [-0.3, -0.25) is 4.79 Å². The number of anilines is 1. The molecule has 4 nitrogen and oxygen atoms in total. The Balaban J connectivity index is 1.60. The van der Waals surface area contributed by atoms with Crippen LogP contribution in [0.25, 0.3) is 0 Å². The molecule has 1 aliphatic rings. The number of ether oxygens (including phenoxy) is 1. The molecule has 0 bridgehead atoms. The Morgan fingerprint density at radius 1 is 1.20 bits per heavy atom. The zero-order chi connectivity index (χ0) is 17.6. The Labute approximate surface area is 149 Å². The lowest BCUT2D eigenvalue weighted by Crippen LogP contribution is -2.42. The second-order valence-electron chi connectivity index (χ2n) is 6.72. The van der Waals surface area contributed by atoms with E-state index < -0.39 is 0 Å². The lowest BCUT2D eigenvalue weighted by molar-refractivity contribution is -0.124. The van der Waals surface area contributed by atoms with E-state index in [0.717, 1.165) is 36.3 Å². The van der Waals surface area contributed by atoms with Crippen LogP contribution in [0.5, 0.6) is 0 Å². The van der Waals surface area contributed by atoms with Crippen molar-refractivity contribution in [2.75, 3.05) is 12.3 Å². The van der Waals surface area contributed by atoms with Crippen LogP contribution >= 0.6 is 0 Å². The van der Waals surface area contributed by atoms with Crippen LogP contribution in [0, 0.1) is 6.92 Å². The van der Waals surface area contributed by atoms with Crippen LogP contribution in [0.4, 0.5) is 5.69 Å². The molecule has 132 valence electrons. The molecule has 0 aliphatic carbocycles. The lowest BCUT2D eigenvalue weighted by Gasteiger charge is -2.32. The normalized spacial score (nSPS) is 20.2. The van der Waals surface area contributed by atoms with Crippen LogP contribution < -0.4 is 11.1 Å². The molecule has 0 saturated carbocycles. The Morgan fingerprint density at radius 2 is 1.96 bits per heavy atom. The summed E-state index contributed by atoms with van der Waals surface area (Å²) in [4.78, 5) is 12.4. The summed E-state index contributed by atoms with van der Waals surface area (Å²) < 4.78 is 5.96. The maximum absolute atomic E-state index is 12.4. The molecule has 2 unspecified atom stereocenters. The number of aryl methyl sites for hydroxylation is 2. The molecule has 1 saturated heterocycles. The predicted molar refractivity (Wildman–Crippen MR) is 100 cm³/mol. The maximum Gasteiger partial charge on any atom is 0.220 e. The van der Waals surface area contributed by atoms with Gasteiger partial charge in [0.05, 0.1) is 6.04 Å². The van der Waals surface area contributed by atoms with Gasteiger partial charge in [0.25, 0.3) is 0 Å². The van der Waals surface area contributed by atoms with Crippen LogP contribution in [0.15, 0.2) is 48.5 Å². The molecule has 1 fully saturated rings. The standard InChI is InChI=1S/C21H26N2O2/c1-15-8-10-17(11-9-15)21-19(7-4-14-25-21)23-20(24)13-12-16-5-2-3-6-18(16)22/h2-3,5-6,8-11,19,21H,4,7,12-14,22H2,1H3,(H,23,24). The van der Waals surface area contributed by atoms with Crippen molar-refractivity contribution >= 4 is 11.6 Å². The van der Waals surface area contributed by atoms with Crippen molar-refractivity contribution in [2.24, 2.45) is 0 Å². The summed E-state index contributed by atoms with van der Waals surface area (Å²) >= 11 is 0. The summed E-state index contributed by atoms with van der Waals surface area (Å²) in [5, 5.41) is 3.17. The van der Waals surface area contributed by atoms with Gasteiger partial charge in [0.1, 0.15) is 6.10 Å². The fraction of sp³-hybridized carbons (Fsp3) is 0.381. The summed E-state index contributed by atoms with van der Waals surface area (Å²) in [5.74, 6) is 0.0517. The predicted octanol–water partition coefficient (Wildman–Crippen LogP) is 3.55. The first-order valence-electron chi connectivity index (χ1n) is 8.94. The van der Waals surface area contributed by atoms with Crippen molar-refractivity contribution < 1.29 is 9.53 Å². The fourth-order valence-electron chi connectivity index (χ4n) is 3.30. The number of nitrogens with two attached hydrogens (primary N) is 1. The third-order valence-corrected chi connectivity index (χ3v) is 4.75. The number of carbonyl (C=O) groups is 1. The first-order valence-corrected chi connectivity index (χ1v) is 8.94. The number of hydrogen-bond donors (Lipinski definition) is 2. The minimum atomic E-state index is -0.0694. The number of nitrogens with one attached hydrogen (secondary N) is 1. The minimum Gasteiger partial charge on any atom is -0.399 e. The second kappa shape index (κ2) is 8.17. The summed E-state index contributed by atoms with van der Waals surface area (Å²) in [7, 11) is 0. The molecular formula is C21H26N2O2. The van der Waals surface area contributed by atoms with E-state index in [1.54, 1.807) is 0 Å². The summed E-state index contributed by atoms with van der Waals surface area (Å²) in [6.45, 7) is 2.81. The van der Waals surface area contributed by atoms with Gasteiger partial charge in [-0.2, -0.15) is 0 Å². The highest BCUT2D eigenvalue weighted by Crippen LogP contribution is 2.28. The SMILES string of the molecule is Cc1ccc(C2OCCCC2NC(=O)CCc2ccccc2N)cc1. The summed E-state index contributed by atoms with van der Waals surface area (Å²) in [6.07, 6.45) is 2.93. The van der Waals surface area contributed by atoms with Gasteiger partial charge in [-0.05, 0) is 43.4 Å². The highest BCUT2D eigenvalue weighted by Gasteiger charge is 2.28. The molecule has 3 rings (SSSR count). The molecule has 0 radical (unpaired) electrons. The molecule has 0 spiro atoms. The van der Waals surface area contributed by atoms with E-state index in [-0.39, 0.29) is 18.1 Å². The molecule has 2 atom stereocenters. The number of benzene rings is 2. The smallest absolute Gasteiger partial charge is 0.220 e. The average molecular weight is 338 g/mol. The Hall–Kier alpha value is -2.33. The van der Waals surface area contributed by atoms with Crippen LogP contribution in [0.2, 0.25) is 0 Å². The highest BCUT2D eigenvalue weighted by molar-refractivity contribution is 5.77. The van der Waals surface area contributed by atoms with Crippen molar-refractivity contribution in [2.45, 2.75) is 44.8 Å². The first-order chi connectivity index (χ1) is 12.1. The van der Waals surface area contributed by atoms with E-state index in [2.05, 4.69) is 36.5 Å². The monoisotopic (exact) mass is 338 g/mol. The molecule has 2 aromatic carbocycles. The third kappa shape index (κ3) is 4.60. The van der Waals surface area contributed by atoms with E-state index in [4.69, 9.17) is 10.5 Å². The topological polar surface area (TPSA) is 64.3 Å². The van der Waals surface area contributed by atoms with Crippen molar-refractivity contribution in [3.05, 3.63) is 65.2 Å². The van der Waals surface area contributed by atoms with Crippen molar-refractivity contribution in [1.82, 2.24) is 5.32 Å². The zero-order valence-electron chi connectivity index (χ0n) is 14.7. The largest absolute Gasteiger partial charge is 0.399 e. The Kier molecular flexibility index (Phi) is 5.71. The van der Waals surface area contributed by atoms with E-state index in [0.29, 0.717) is 12.8 Å². The molecule has 1 amide bonds. The number of amides is 1. The van der Waals surface area contributed by atoms with Gasteiger partial charge in [-0.25, -0.2) is 0 Å². The van der Waals surface area contributed by atoms with Crippen molar-refractivity contribution in [1.29, 1.82) is 0 Å². The number of hydrogen-bond acceptors (Lipinski definition) is 3. The van der Waals surface area contributed by atoms with Crippen molar-refractivity contribution in [3.63, 3.8) is 0 Å². The third-order valence-electron chi connectivity index (χ3n) is 4.75. The van der Waals surface area contributed by atoms with Gasteiger partial charge in [-0.1, -0.05) is 48.0 Å². The van der Waals surface area contributed by atoms with Crippen molar-refractivity contribution in [3.8, 4) is 0 Å². The summed E-state index contributed by atoms with van der Waals surface area (Å²) in [6, 6.07) is 16.1. The van der Waals surface area contributed by atoms with Crippen LogP contribution in [-0.2, 0) is 16.0 Å². The Bertz CT molecular complexity index is 712. The average Bonchev–Trinajstić information content (AvgIpc) is 2.62. The minimum absolute atomic E-state index is 0.0251. The zero-order valence-corrected chi connectivity index (χ0v) is 14.7. The molecule has 4 heteroatoms. The molecule has 2 aromatic rings. The van der Waals surface area contributed by atoms with Crippen LogP contribution in [-0.4, -0.2) is 18.6 Å². The number of carbonyl (C=O) groups excluding carboxylic acids is 1. The second-order valence-corrected chi connectivity index (χ2v) is 6.72. The molecule has 3 N–H and O–H groups in total. The maximum atomic E-state index is 12.4. The van der Waals surface area contributed by atoms with Gasteiger partial charge < -0.3 is 15.8 Å².